The molecule has 3 N–H and O–H groups in total. The van der Waals surface area contributed by atoms with Crippen molar-refractivity contribution in [2.75, 3.05) is 5.32 Å². The van der Waals surface area contributed by atoms with Crippen molar-refractivity contribution in [3.05, 3.63) is 24.3 Å². The summed E-state index contributed by atoms with van der Waals surface area (Å²) in [4.78, 5) is 0.281. The third kappa shape index (κ3) is 4.38. The monoisotopic (exact) mass is 395 g/mol. The number of nitrogens with two attached hydrogens (primary N) is 1. The molecule has 2 aliphatic carbocycles. The first-order valence-corrected chi connectivity index (χ1v) is 11.5. The van der Waals surface area contributed by atoms with Gasteiger partial charge in [0.1, 0.15) is 4.90 Å². The number of hydrogen-bond donors (Lipinski definition) is 2. The van der Waals surface area contributed by atoms with Gasteiger partial charge in [-0.2, -0.15) is 4.31 Å². The first kappa shape index (κ1) is 19.6. The minimum absolute atomic E-state index is 0.0783. The van der Waals surface area contributed by atoms with Crippen LogP contribution in [0.1, 0.15) is 64.2 Å². The van der Waals surface area contributed by atoms with Gasteiger partial charge < -0.3 is 11.1 Å². The molecule has 0 atom stereocenters. The normalized spacial score (nSPS) is 20.2. The van der Waals surface area contributed by atoms with E-state index < -0.39 is 10.0 Å². The second kappa shape index (κ2) is 8.67. The summed E-state index contributed by atoms with van der Waals surface area (Å²) in [5, 5.41) is 2.92. The van der Waals surface area contributed by atoms with E-state index in [-0.39, 0.29) is 22.1 Å². The second-order valence-electron chi connectivity index (χ2n) is 7.40. The number of hydrogen-bond acceptors (Lipinski definition) is 3. The maximum atomic E-state index is 13.7. The Labute approximate surface area is 162 Å². The quantitative estimate of drug-likeness (QED) is 0.737. The highest BCUT2D eigenvalue weighted by atomic mass is 32.2. The van der Waals surface area contributed by atoms with Crippen LogP contribution in [0.3, 0.4) is 0 Å². The van der Waals surface area contributed by atoms with Crippen molar-refractivity contribution in [2.45, 2.75) is 81.2 Å². The van der Waals surface area contributed by atoms with Gasteiger partial charge in [-0.1, -0.05) is 50.7 Å². The molecule has 144 valence electrons. The Morgan fingerprint density at radius 3 is 1.96 bits per heavy atom. The highest BCUT2D eigenvalue weighted by Crippen LogP contribution is 2.36. The molecule has 0 bridgehead atoms. The average Bonchev–Trinajstić information content (AvgIpc) is 2.63. The van der Waals surface area contributed by atoms with Crippen LogP contribution < -0.4 is 11.1 Å². The van der Waals surface area contributed by atoms with Gasteiger partial charge in [0.15, 0.2) is 5.11 Å². The van der Waals surface area contributed by atoms with Crippen molar-refractivity contribution in [3.63, 3.8) is 0 Å². The van der Waals surface area contributed by atoms with Crippen molar-refractivity contribution < 1.29 is 8.42 Å². The minimum atomic E-state index is -3.62. The van der Waals surface area contributed by atoms with Gasteiger partial charge >= 0.3 is 0 Å². The van der Waals surface area contributed by atoms with Crippen LogP contribution >= 0.6 is 12.2 Å². The first-order chi connectivity index (χ1) is 12.5. The average molecular weight is 396 g/mol. The molecular weight excluding hydrogens is 366 g/mol. The fourth-order valence-corrected chi connectivity index (χ4v) is 6.59. The molecule has 3 rings (SSSR count). The van der Waals surface area contributed by atoms with E-state index in [0.717, 1.165) is 51.4 Å². The van der Waals surface area contributed by atoms with Crippen LogP contribution in [0, 0.1) is 0 Å². The number of rotatable bonds is 5. The number of nitrogens with zero attached hydrogens (tertiary/aromatic N) is 1. The molecular formula is C19H29N3O2S2. The number of thiocarbonyl (C=S) groups is 1. The highest BCUT2D eigenvalue weighted by Gasteiger charge is 2.39. The fourth-order valence-electron chi connectivity index (χ4n) is 4.40. The molecule has 5 nitrogen and oxygen atoms in total. The lowest BCUT2D eigenvalue weighted by Gasteiger charge is -2.40. The third-order valence-electron chi connectivity index (χ3n) is 5.57. The summed E-state index contributed by atoms with van der Waals surface area (Å²) in [5.74, 6) is 0. The summed E-state index contributed by atoms with van der Waals surface area (Å²) in [7, 11) is -3.62. The zero-order chi connectivity index (χ0) is 18.6. The van der Waals surface area contributed by atoms with Crippen LogP contribution in [-0.2, 0) is 10.0 Å². The molecule has 2 fully saturated rings. The topological polar surface area (TPSA) is 75.4 Å². The van der Waals surface area contributed by atoms with E-state index in [0.29, 0.717) is 5.69 Å². The van der Waals surface area contributed by atoms with Gasteiger partial charge in [0.25, 0.3) is 0 Å². The Kier molecular flexibility index (Phi) is 6.53. The summed E-state index contributed by atoms with van der Waals surface area (Å²) < 4.78 is 29.3. The molecule has 0 amide bonds. The molecule has 7 heteroatoms. The van der Waals surface area contributed by atoms with Gasteiger partial charge in [-0.05, 0) is 50.0 Å². The highest BCUT2D eigenvalue weighted by molar-refractivity contribution is 7.89. The van der Waals surface area contributed by atoms with Gasteiger partial charge in [-0.25, -0.2) is 8.42 Å². The lowest BCUT2D eigenvalue weighted by atomic mass is 9.91. The summed E-state index contributed by atoms with van der Waals surface area (Å²) in [6.07, 6.45) is 10.7. The molecule has 26 heavy (non-hydrogen) atoms. The van der Waals surface area contributed by atoms with E-state index in [4.69, 9.17) is 18.0 Å². The maximum Gasteiger partial charge on any atom is 0.245 e. The van der Waals surface area contributed by atoms with Gasteiger partial charge in [0, 0.05) is 12.1 Å². The standard InChI is InChI=1S/C19H29N3O2S2/c20-19(25)21-17-13-7-8-14-18(17)26(23,24)22(15-9-3-1-4-10-15)16-11-5-2-6-12-16/h7-8,13-16H,1-6,9-12H2,(H3,20,21,25). The van der Waals surface area contributed by atoms with Crippen molar-refractivity contribution in [3.8, 4) is 0 Å². The largest absolute Gasteiger partial charge is 0.376 e. The Bertz CT molecular complexity index is 706. The van der Waals surface area contributed by atoms with E-state index in [1.165, 1.54) is 12.8 Å². The zero-order valence-corrected chi connectivity index (χ0v) is 16.8. The van der Waals surface area contributed by atoms with E-state index >= 15 is 0 Å². The van der Waals surface area contributed by atoms with Crippen LogP contribution in [0.15, 0.2) is 29.2 Å². The summed E-state index contributed by atoms with van der Waals surface area (Å²) in [6.45, 7) is 0. The first-order valence-electron chi connectivity index (χ1n) is 9.69. The number of sulfonamides is 1. The molecule has 2 saturated carbocycles. The second-order valence-corrected chi connectivity index (χ2v) is 9.66. The Hall–Kier alpha value is -1.18. The van der Waals surface area contributed by atoms with Crippen LogP contribution in [0.4, 0.5) is 5.69 Å². The number of anilines is 1. The lowest BCUT2D eigenvalue weighted by Crippen LogP contribution is -2.48. The Morgan fingerprint density at radius 1 is 0.962 bits per heavy atom. The van der Waals surface area contributed by atoms with Crippen molar-refractivity contribution in [1.29, 1.82) is 0 Å². The predicted octanol–water partition coefficient (Wildman–Crippen LogP) is 4.00. The smallest absolute Gasteiger partial charge is 0.245 e. The van der Waals surface area contributed by atoms with Crippen LogP contribution in [0.2, 0.25) is 0 Å². The molecule has 1 aromatic rings. The lowest BCUT2D eigenvalue weighted by molar-refractivity contribution is 0.170. The molecule has 0 heterocycles. The van der Waals surface area contributed by atoms with E-state index in [2.05, 4.69) is 5.32 Å². The predicted molar refractivity (Wildman–Crippen MR) is 110 cm³/mol. The molecule has 0 aromatic heterocycles. The maximum absolute atomic E-state index is 13.7. The molecule has 0 unspecified atom stereocenters. The molecule has 1 aromatic carbocycles. The van der Waals surface area contributed by atoms with Gasteiger partial charge in [0.2, 0.25) is 10.0 Å². The molecule has 0 aliphatic heterocycles. The number of benzene rings is 1. The molecule has 0 radical (unpaired) electrons. The van der Waals surface area contributed by atoms with Crippen molar-refractivity contribution in [2.24, 2.45) is 5.73 Å². The summed E-state index contributed by atoms with van der Waals surface area (Å²) in [5.41, 5.74) is 6.08. The molecule has 0 spiro atoms. The fraction of sp³-hybridized carbons (Fsp3) is 0.632. The van der Waals surface area contributed by atoms with Gasteiger partial charge in [-0.3, -0.25) is 0 Å². The van der Waals surface area contributed by atoms with Crippen molar-refractivity contribution in [1.82, 2.24) is 4.31 Å². The molecule has 0 saturated heterocycles. The van der Waals surface area contributed by atoms with Crippen LogP contribution in [-0.4, -0.2) is 29.9 Å². The van der Waals surface area contributed by atoms with E-state index in [1.54, 1.807) is 24.3 Å². The number of para-hydroxylation sites is 1. The van der Waals surface area contributed by atoms with Crippen LogP contribution in [0.25, 0.3) is 0 Å². The zero-order valence-electron chi connectivity index (χ0n) is 15.2. The van der Waals surface area contributed by atoms with E-state index in [1.807, 2.05) is 4.31 Å². The van der Waals surface area contributed by atoms with E-state index in [9.17, 15) is 8.42 Å². The van der Waals surface area contributed by atoms with Crippen molar-refractivity contribution >= 4 is 33.0 Å². The van der Waals surface area contributed by atoms with Crippen LogP contribution in [0.5, 0.6) is 0 Å². The van der Waals surface area contributed by atoms with Gasteiger partial charge in [-0.15, -0.1) is 0 Å². The Morgan fingerprint density at radius 2 is 1.46 bits per heavy atom. The summed E-state index contributed by atoms with van der Waals surface area (Å²) in [6, 6.07) is 7.16. The molecule has 2 aliphatic rings. The minimum Gasteiger partial charge on any atom is -0.376 e. The van der Waals surface area contributed by atoms with Gasteiger partial charge in [0.05, 0.1) is 5.69 Å². The third-order valence-corrected chi connectivity index (χ3v) is 7.73. The number of nitrogens with one attached hydrogen (secondary N) is 1. The Balaban J connectivity index is 2.00. The SMILES string of the molecule is NC(=S)Nc1ccccc1S(=O)(=O)N(C1CCCCC1)C1CCCCC1. The summed E-state index contributed by atoms with van der Waals surface area (Å²) >= 11 is 4.93.